The Morgan fingerprint density at radius 2 is 2.12 bits per heavy atom. The number of nitrogens with zero attached hydrogens (tertiary/aromatic N) is 1. The van der Waals surface area contributed by atoms with Crippen LogP contribution in [-0.4, -0.2) is 54.2 Å². The van der Waals surface area contributed by atoms with Gasteiger partial charge in [0, 0.05) is 18.6 Å². The minimum Gasteiger partial charge on any atom is -0.480 e. The maximum absolute atomic E-state index is 12.2. The van der Waals surface area contributed by atoms with Gasteiger partial charge >= 0.3 is 5.97 Å². The SMILES string of the molecule is CC1CC2CNCC2N1S(=O)(=O)C(C)C(=O)O. The molecule has 7 heteroatoms. The van der Waals surface area contributed by atoms with Crippen LogP contribution in [0.2, 0.25) is 0 Å². The van der Waals surface area contributed by atoms with Crippen LogP contribution in [-0.2, 0) is 14.8 Å². The zero-order valence-corrected chi connectivity index (χ0v) is 10.8. The second kappa shape index (κ2) is 4.22. The summed E-state index contributed by atoms with van der Waals surface area (Å²) in [7, 11) is -3.75. The number of fused-ring (bicyclic) bond motifs is 1. The quantitative estimate of drug-likeness (QED) is 0.714. The Labute approximate surface area is 101 Å². The van der Waals surface area contributed by atoms with Crippen molar-refractivity contribution in [1.82, 2.24) is 9.62 Å². The van der Waals surface area contributed by atoms with Crippen molar-refractivity contribution in [3.63, 3.8) is 0 Å². The first kappa shape index (κ1) is 12.8. The van der Waals surface area contributed by atoms with Crippen LogP contribution < -0.4 is 5.32 Å². The van der Waals surface area contributed by atoms with E-state index < -0.39 is 21.2 Å². The van der Waals surface area contributed by atoms with Gasteiger partial charge in [-0.25, -0.2) is 8.42 Å². The topological polar surface area (TPSA) is 86.7 Å². The van der Waals surface area contributed by atoms with E-state index in [2.05, 4.69) is 5.32 Å². The molecule has 0 aromatic carbocycles. The lowest BCUT2D eigenvalue weighted by Gasteiger charge is -2.28. The van der Waals surface area contributed by atoms with Gasteiger partial charge in [-0.15, -0.1) is 0 Å². The molecule has 0 aromatic heterocycles. The largest absolute Gasteiger partial charge is 0.480 e. The molecule has 2 heterocycles. The van der Waals surface area contributed by atoms with Crippen molar-refractivity contribution in [2.75, 3.05) is 13.1 Å². The van der Waals surface area contributed by atoms with E-state index in [0.29, 0.717) is 12.5 Å². The molecule has 0 radical (unpaired) electrons. The van der Waals surface area contributed by atoms with Gasteiger partial charge in [0.05, 0.1) is 0 Å². The number of hydrogen-bond acceptors (Lipinski definition) is 4. The lowest BCUT2D eigenvalue weighted by Crippen LogP contribution is -2.48. The van der Waals surface area contributed by atoms with Crippen LogP contribution >= 0.6 is 0 Å². The second-order valence-electron chi connectivity index (χ2n) is 4.93. The Kier molecular flexibility index (Phi) is 3.17. The average molecular weight is 262 g/mol. The Hall–Kier alpha value is -0.660. The van der Waals surface area contributed by atoms with Crippen LogP contribution in [0.4, 0.5) is 0 Å². The molecule has 0 aliphatic carbocycles. The summed E-state index contributed by atoms with van der Waals surface area (Å²) >= 11 is 0. The summed E-state index contributed by atoms with van der Waals surface area (Å²) in [5.74, 6) is -0.965. The van der Waals surface area contributed by atoms with Crippen LogP contribution in [0.15, 0.2) is 0 Å². The molecule has 17 heavy (non-hydrogen) atoms. The third-order valence-electron chi connectivity index (χ3n) is 3.80. The highest BCUT2D eigenvalue weighted by atomic mass is 32.2. The predicted molar refractivity (Wildman–Crippen MR) is 62.1 cm³/mol. The summed E-state index contributed by atoms with van der Waals surface area (Å²) in [4.78, 5) is 10.9. The average Bonchev–Trinajstić information content (AvgIpc) is 2.74. The molecule has 6 nitrogen and oxygen atoms in total. The van der Waals surface area contributed by atoms with Crippen molar-refractivity contribution >= 4 is 16.0 Å². The number of sulfonamides is 1. The maximum Gasteiger partial charge on any atom is 0.323 e. The van der Waals surface area contributed by atoms with Gasteiger partial charge in [0.1, 0.15) is 0 Å². The summed E-state index contributed by atoms with van der Waals surface area (Å²) in [6.07, 6.45) is 0.809. The minimum absolute atomic E-state index is 0.0724. The highest BCUT2D eigenvalue weighted by molar-refractivity contribution is 7.90. The molecule has 2 fully saturated rings. The number of rotatable bonds is 3. The van der Waals surface area contributed by atoms with Crippen LogP contribution in [0.1, 0.15) is 20.3 Å². The van der Waals surface area contributed by atoms with Crippen LogP contribution in [0.3, 0.4) is 0 Å². The number of carboxylic acid groups (broad SMARTS) is 1. The van der Waals surface area contributed by atoms with E-state index in [1.54, 1.807) is 0 Å². The minimum atomic E-state index is -3.75. The zero-order chi connectivity index (χ0) is 12.8. The van der Waals surface area contributed by atoms with Crippen molar-refractivity contribution in [3.8, 4) is 0 Å². The Bertz CT molecular complexity index is 422. The number of carbonyl (C=O) groups is 1. The van der Waals surface area contributed by atoms with E-state index in [9.17, 15) is 13.2 Å². The third kappa shape index (κ3) is 1.96. The third-order valence-corrected chi connectivity index (χ3v) is 6.11. The van der Waals surface area contributed by atoms with E-state index in [1.807, 2.05) is 6.92 Å². The normalized spacial score (nSPS) is 35.8. The van der Waals surface area contributed by atoms with Gasteiger partial charge in [0.2, 0.25) is 10.0 Å². The monoisotopic (exact) mass is 262 g/mol. The summed E-state index contributed by atoms with van der Waals surface area (Å²) < 4.78 is 25.9. The van der Waals surface area contributed by atoms with Gasteiger partial charge in [-0.3, -0.25) is 4.79 Å². The predicted octanol–water partition coefficient (Wildman–Crippen LogP) is -0.528. The summed E-state index contributed by atoms with van der Waals surface area (Å²) in [6.45, 7) is 4.54. The van der Waals surface area contributed by atoms with E-state index in [1.165, 1.54) is 11.2 Å². The molecule has 2 N–H and O–H groups in total. The van der Waals surface area contributed by atoms with Crippen molar-refractivity contribution in [3.05, 3.63) is 0 Å². The van der Waals surface area contributed by atoms with Gasteiger partial charge < -0.3 is 10.4 Å². The van der Waals surface area contributed by atoms with Crippen molar-refractivity contribution in [2.24, 2.45) is 5.92 Å². The van der Waals surface area contributed by atoms with Crippen LogP contribution in [0, 0.1) is 5.92 Å². The van der Waals surface area contributed by atoms with E-state index in [0.717, 1.165) is 13.0 Å². The van der Waals surface area contributed by atoms with Crippen molar-refractivity contribution < 1.29 is 18.3 Å². The molecule has 2 rings (SSSR count). The van der Waals surface area contributed by atoms with Gasteiger partial charge in [-0.2, -0.15) is 4.31 Å². The number of hydrogen-bond donors (Lipinski definition) is 2. The number of aliphatic carboxylic acids is 1. The van der Waals surface area contributed by atoms with E-state index in [-0.39, 0.29) is 12.1 Å². The van der Waals surface area contributed by atoms with Crippen molar-refractivity contribution in [2.45, 2.75) is 37.6 Å². The molecule has 0 aromatic rings. The molecule has 98 valence electrons. The highest BCUT2D eigenvalue weighted by Crippen LogP contribution is 2.35. The first-order valence-corrected chi connectivity index (χ1v) is 7.32. The number of nitrogens with one attached hydrogen (secondary N) is 1. The molecule has 2 aliphatic rings. The first-order valence-electron chi connectivity index (χ1n) is 5.81. The molecular weight excluding hydrogens is 244 g/mol. The molecule has 0 amide bonds. The summed E-state index contributed by atoms with van der Waals surface area (Å²) in [5, 5.41) is 10.7. The van der Waals surface area contributed by atoms with E-state index in [4.69, 9.17) is 5.11 Å². The van der Waals surface area contributed by atoms with Gasteiger partial charge in [0.25, 0.3) is 0 Å². The Morgan fingerprint density at radius 3 is 2.71 bits per heavy atom. The molecule has 2 saturated heterocycles. The number of carboxylic acids is 1. The molecular formula is C10H18N2O4S. The van der Waals surface area contributed by atoms with Gasteiger partial charge in [-0.1, -0.05) is 0 Å². The van der Waals surface area contributed by atoms with E-state index >= 15 is 0 Å². The van der Waals surface area contributed by atoms with Crippen LogP contribution in [0.25, 0.3) is 0 Å². The molecule has 0 saturated carbocycles. The lowest BCUT2D eigenvalue weighted by molar-refractivity contribution is -0.136. The Balaban J connectivity index is 2.29. The molecule has 0 spiro atoms. The highest BCUT2D eigenvalue weighted by Gasteiger charge is 2.49. The fourth-order valence-corrected chi connectivity index (χ4v) is 4.71. The smallest absolute Gasteiger partial charge is 0.323 e. The summed E-state index contributed by atoms with van der Waals surface area (Å²) in [6, 6.07) is -0.171. The van der Waals surface area contributed by atoms with Gasteiger partial charge in [0.15, 0.2) is 5.25 Å². The summed E-state index contributed by atoms with van der Waals surface area (Å²) in [5.41, 5.74) is 0. The second-order valence-corrected chi connectivity index (χ2v) is 7.08. The standard InChI is InChI=1S/C10H18N2O4S/c1-6-3-8-4-11-5-9(8)12(6)17(15,16)7(2)10(13)14/h6-9,11H,3-5H2,1-2H3,(H,13,14). The lowest BCUT2D eigenvalue weighted by atomic mass is 10.0. The Morgan fingerprint density at radius 1 is 1.47 bits per heavy atom. The van der Waals surface area contributed by atoms with Gasteiger partial charge in [-0.05, 0) is 32.7 Å². The first-order chi connectivity index (χ1) is 7.85. The fourth-order valence-electron chi connectivity index (χ4n) is 2.88. The van der Waals surface area contributed by atoms with Crippen LogP contribution in [0.5, 0.6) is 0 Å². The van der Waals surface area contributed by atoms with Crippen molar-refractivity contribution in [1.29, 1.82) is 0 Å². The molecule has 4 atom stereocenters. The fraction of sp³-hybridized carbons (Fsp3) is 0.900. The molecule has 4 unspecified atom stereocenters. The molecule has 0 bridgehead atoms. The molecule has 2 aliphatic heterocycles. The zero-order valence-electron chi connectivity index (χ0n) is 9.96. The maximum atomic E-state index is 12.2.